The van der Waals surface area contributed by atoms with Crippen LogP contribution in [0.3, 0.4) is 0 Å². The van der Waals surface area contributed by atoms with Crippen molar-refractivity contribution in [1.82, 2.24) is 14.9 Å². The Hall–Kier alpha value is -1.36. The summed E-state index contributed by atoms with van der Waals surface area (Å²) in [4.78, 5) is 10.7. The van der Waals surface area contributed by atoms with Gasteiger partial charge in [0.2, 0.25) is 5.95 Å². The maximum atomic E-state index is 5.00. The van der Waals surface area contributed by atoms with Crippen LogP contribution in [0.4, 0.5) is 5.95 Å². The summed E-state index contributed by atoms with van der Waals surface area (Å²) in [5.74, 6) is 1.34. The van der Waals surface area contributed by atoms with Crippen molar-refractivity contribution in [2.45, 2.75) is 32.7 Å². The zero-order valence-corrected chi connectivity index (χ0v) is 11.8. The number of aromatic nitrogens is 2. The van der Waals surface area contributed by atoms with Crippen molar-refractivity contribution in [3.05, 3.63) is 12.4 Å². The zero-order valence-electron chi connectivity index (χ0n) is 11.8. The lowest BCUT2D eigenvalue weighted by atomic mass is 10.2. The number of anilines is 1. The Morgan fingerprint density at radius 2 is 1.94 bits per heavy atom. The number of rotatable bonds is 8. The van der Waals surface area contributed by atoms with Gasteiger partial charge in [0.25, 0.3) is 0 Å². The molecule has 0 fully saturated rings. The summed E-state index contributed by atoms with van der Waals surface area (Å²) in [6.07, 6.45) is 5.63. The molecule has 1 aromatic heterocycles. The average molecular weight is 252 g/mol. The molecule has 5 nitrogen and oxygen atoms in total. The van der Waals surface area contributed by atoms with Crippen molar-refractivity contribution in [2.24, 2.45) is 0 Å². The second-order valence-corrected chi connectivity index (χ2v) is 4.65. The Kier molecular flexibility index (Phi) is 6.43. The first-order chi connectivity index (χ1) is 8.63. The summed E-state index contributed by atoms with van der Waals surface area (Å²) < 4.78 is 5.00. The van der Waals surface area contributed by atoms with Crippen LogP contribution in [0.1, 0.15) is 26.7 Å². The SMILES string of the molecule is COc1cnc(NCCCCN(C)C(C)C)nc1. The maximum absolute atomic E-state index is 5.00. The highest BCUT2D eigenvalue weighted by molar-refractivity contribution is 5.26. The van der Waals surface area contributed by atoms with Gasteiger partial charge < -0.3 is 15.0 Å². The van der Waals surface area contributed by atoms with Crippen LogP contribution in [-0.4, -0.2) is 48.2 Å². The van der Waals surface area contributed by atoms with Gasteiger partial charge in [-0.1, -0.05) is 0 Å². The first-order valence-corrected chi connectivity index (χ1v) is 6.43. The van der Waals surface area contributed by atoms with E-state index in [2.05, 4.69) is 41.1 Å². The number of nitrogens with zero attached hydrogens (tertiary/aromatic N) is 3. The van der Waals surface area contributed by atoms with Gasteiger partial charge in [0.15, 0.2) is 5.75 Å². The van der Waals surface area contributed by atoms with Crippen LogP contribution < -0.4 is 10.1 Å². The predicted molar refractivity (Wildman–Crippen MR) is 74.1 cm³/mol. The fraction of sp³-hybridized carbons (Fsp3) is 0.692. The van der Waals surface area contributed by atoms with E-state index >= 15 is 0 Å². The highest BCUT2D eigenvalue weighted by Gasteiger charge is 2.02. The number of nitrogens with one attached hydrogen (secondary N) is 1. The van der Waals surface area contributed by atoms with E-state index in [1.165, 1.54) is 6.42 Å². The smallest absolute Gasteiger partial charge is 0.222 e. The van der Waals surface area contributed by atoms with Gasteiger partial charge in [-0.25, -0.2) is 9.97 Å². The number of methoxy groups -OCH3 is 1. The quantitative estimate of drug-likeness (QED) is 0.717. The Labute approximate surface area is 110 Å². The van der Waals surface area contributed by atoms with E-state index in [-0.39, 0.29) is 0 Å². The maximum Gasteiger partial charge on any atom is 0.222 e. The molecule has 0 amide bonds. The fourth-order valence-electron chi connectivity index (χ4n) is 1.46. The molecule has 18 heavy (non-hydrogen) atoms. The molecular formula is C13H24N4O. The third-order valence-corrected chi connectivity index (χ3v) is 2.97. The molecule has 0 aliphatic carbocycles. The van der Waals surface area contributed by atoms with Crippen LogP contribution in [0, 0.1) is 0 Å². The highest BCUT2D eigenvalue weighted by Crippen LogP contribution is 2.07. The molecule has 0 unspecified atom stereocenters. The lowest BCUT2D eigenvalue weighted by Crippen LogP contribution is -2.27. The van der Waals surface area contributed by atoms with E-state index in [0.717, 1.165) is 19.5 Å². The van der Waals surface area contributed by atoms with Crippen molar-refractivity contribution in [2.75, 3.05) is 32.6 Å². The molecule has 0 spiro atoms. The molecule has 1 N–H and O–H groups in total. The summed E-state index contributed by atoms with van der Waals surface area (Å²) in [6, 6.07) is 0.614. The molecule has 0 saturated carbocycles. The van der Waals surface area contributed by atoms with Gasteiger partial charge in [0.05, 0.1) is 19.5 Å². The van der Waals surface area contributed by atoms with Gasteiger partial charge >= 0.3 is 0 Å². The highest BCUT2D eigenvalue weighted by atomic mass is 16.5. The minimum Gasteiger partial charge on any atom is -0.494 e. The lowest BCUT2D eigenvalue weighted by molar-refractivity contribution is 0.269. The van der Waals surface area contributed by atoms with E-state index in [1.807, 2.05) is 0 Å². The van der Waals surface area contributed by atoms with Crippen LogP contribution in [-0.2, 0) is 0 Å². The lowest BCUT2D eigenvalue weighted by Gasteiger charge is -2.20. The third-order valence-electron chi connectivity index (χ3n) is 2.97. The number of unbranched alkanes of at least 4 members (excludes halogenated alkanes) is 1. The van der Waals surface area contributed by atoms with Crippen LogP contribution in [0.2, 0.25) is 0 Å². The Bertz CT molecular complexity index is 326. The molecule has 0 atom stereocenters. The molecule has 102 valence electrons. The van der Waals surface area contributed by atoms with E-state index < -0.39 is 0 Å². The van der Waals surface area contributed by atoms with Crippen LogP contribution in [0.25, 0.3) is 0 Å². The molecule has 5 heteroatoms. The third kappa shape index (κ3) is 5.31. The molecule has 1 heterocycles. The molecule has 0 aliphatic heterocycles. The largest absolute Gasteiger partial charge is 0.494 e. The molecule has 0 radical (unpaired) electrons. The second-order valence-electron chi connectivity index (χ2n) is 4.65. The van der Waals surface area contributed by atoms with Crippen LogP contribution in [0.15, 0.2) is 12.4 Å². The normalized spacial score (nSPS) is 11.0. The molecule has 1 rings (SSSR count). The van der Waals surface area contributed by atoms with Gasteiger partial charge in [-0.2, -0.15) is 0 Å². The van der Waals surface area contributed by atoms with E-state index in [1.54, 1.807) is 19.5 Å². The van der Waals surface area contributed by atoms with Crippen LogP contribution >= 0.6 is 0 Å². The molecule has 0 saturated heterocycles. The van der Waals surface area contributed by atoms with E-state index in [9.17, 15) is 0 Å². The zero-order chi connectivity index (χ0) is 13.4. The molecule has 1 aromatic rings. The van der Waals surface area contributed by atoms with Crippen molar-refractivity contribution < 1.29 is 4.74 Å². The summed E-state index contributed by atoms with van der Waals surface area (Å²) in [7, 11) is 3.77. The predicted octanol–water partition coefficient (Wildman–Crippen LogP) is 2.02. The van der Waals surface area contributed by atoms with Gasteiger partial charge in [-0.15, -0.1) is 0 Å². The standard InChI is InChI=1S/C13H24N4O/c1-11(2)17(3)8-6-5-7-14-13-15-9-12(18-4)10-16-13/h9-11H,5-8H2,1-4H3,(H,14,15,16). The topological polar surface area (TPSA) is 50.3 Å². The second kappa shape index (κ2) is 7.87. The van der Waals surface area contributed by atoms with Crippen molar-refractivity contribution >= 4 is 5.95 Å². The van der Waals surface area contributed by atoms with E-state index in [4.69, 9.17) is 4.74 Å². The van der Waals surface area contributed by atoms with Gasteiger partial charge in [-0.05, 0) is 40.3 Å². The monoisotopic (exact) mass is 252 g/mol. The first-order valence-electron chi connectivity index (χ1n) is 6.43. The fourth-order valence-corrected chi connectivity index (χ4v) is 1.46. The Morgan fingerprint density at radius 1 is 1.28 bits per heavy atom. The van der Waals surface area contributed by atoms with Crippen LogP contribution in [0.5, 0.6) is 5.75 Å². The summed E-state index contributed by atoms with van der Waals surface area (Å²) in [6.45, 7) is 6.45. The first kappa shape index (κ1) is 14.7. The minimum atomic E-state index is 0.614. The summed E-state index contributed by atoms with van der Waals surface area (Å²) >= 11 is 0. The molecular weight excluding hydrogens is 228 g/mol. The van der Waals surface area contributed by atoms with Gasteiger partial charge in [0, 0.05) is 12.6 Å². The van der Waals surface area contributed by atoms with Crippen molar-refractivity contribution in [3.63, 3.8) is 0 Å². The Balaban J connectivity index is 2.14. The minimum absolute atomic E-state index is 0.614. The number of hydrogen-bond donors (Lipinski definition) is 1. The number of hydrogen-bond acceptors (Lipinski definition) is 5. The number of ether oxygens (including phenoxy) is 1. The van der Waals surface area contributed by atoms with Crippen molar-refractivity contribution in [3.8, 4) is 5.75 Å². The summed E-state index contributed by atoms with van der Waals surface area (Å²) in [5, 5.41) is 3.20. The summed E-state index contributed by atoms with van der Waals surface area (Å²) in [5.41, 5.74) is 0. The Morgan fingerprint density at radius 3 is 2.50 bits per heavy atom. The molecule has 0 aromatic carbocycles. The molecule has 0 bridgehead atoms. The van der Waals surface area contributed by atoms with Gasteiger partial charge in [-0.3, -0.25) is 0 Å². The molecule has 0 aliphatic rings. The van der Waals surface area contributed by atoms with Crippen molar-refractivity contribution in [1.29, 1.82) is 0 Å². The average Bonchev–Trinajstić information content (AvgIpc) is 2.38. The van der Waals surface area contributed by atoms with Gasteiger partial charge in [0.1, 0.15) is 0 Å². The van der Waals surface area contributed by atoms with E-state index in [0.29, 0.717) is 17.7 Å².